The first-order valence-corrected chi connectivity index (χ1v) is 9.09. The van der Waals surface area contributed by atoms with Crippen molar-refractivity contribution in [2.75, 3.05) is 0 Å². The Labute approximate surface area is 158 Å². The molecule has 0 aliphatic rings. The molecule has 4 rings (SSSR count). The fourth-order valence-electron chi connectivity index (χ4n) is 2.65. The second-order valence-corrected chi connectivity index (χ2v) is 7.08. The van der Waals surface area contributed by atoms with Gasteiger partial charge in [0.2, 0.25) is 17.7 Å². The summed E-state index contributed by atoms with van der Waals surface area (Å²) in [6.07, 6.45) is 0.179. The van der Waals surface area contributed by atoms with Gasteiger partial charge in [-0.05, 0) is 35.4 Å². The van der Waals surface area contributed by atoms with E-state index in [0.29, 0.717) is 11.8 Å². The van der Waals surface area contributed by atoms with Crippen molar-refractivity contribution in [3.63, 3.8) is 0 Å². The smallest absolute Gasteiger partial charge is 0.235 e. The summed E-state index contributed by atoms with van der Waals surface area (Å²) in [5.41, 5.74) is 2.75. The molecule has 2 aromatic heterocycles. The number of amides is 1. The minimum atomic E-state index is -0.262. The number of rotatable bonds is 5. The number of carbonyl (C=O) groups excluding carboxylic acids is 1. The summed E-state index contributed by atoms with van der Waals surface area (Å²) in [4.78, 5) is 16.6. The predicted molar refractivity (Wildman–Crippen MR) is 99.6 cm³/mol. The molecule has 0 aliphatic carbocycles. The molecule has 4 aromatic rings. The van der Waals surface area contributed by atoms with E-state index in [1.54, 1.807) is 19.1 Å². The number of nitrogens with one attached hydrogen (secondary N) is 1. The van der Waals surface area contributed by atoms with Crippen LogP contribution in [-0.2, 0) is 17.8 Å². The van der Waals surface area contributed by atoms with E-state index in [1.165, 1.54) is 23.5 Å². The van der Waals surface area contributed by atoms with Crippen molar-refractivity contribution < 1.29 is 13.6 Å². The lowest BCUT2D eigenvalue weighted by molar-refractivity contribution is -0.120. The third kappa shape index (κ3) is 4.01. The van der Waals surface area contributed by atoms with Gasteiger partial charge in [0, 0.05) is 6.92 Å². The molecule has 2 heterocycles. The topological polar surface area (TPSA) is 80.9 Å². The molecule has 0 fully saturated rings. The second-order valence-electron chi connectivity index (χ2n) is 5.97. The molecule has 1 N–H and O–H groups in total. The number of aromatic nitrogens is 3. The van der Waals surface area contributed by atoms with Crippen LogP contribution in [0.1, 0.15) is 16.8 Å². The zero-order valence-corrected chi connectivity index (χ0v) is 15.2. The van der Waals surface area contributed by atoms with Gasteiger partial charge in [-0.1, -0.05) is 18.2 Å². The molecule has 136 valence electrons. The summed E-state index contributed by atoms with van der Waals surface area (Å²) < 4.78 is 19.3. The lowest BCUT2D eigenvalue weighted by Crippen LogP contribution is -2.24. The third-order valence-corrected chi connectivity index (χ3v) is 4.94. The Balaban J connectivity index is 1.46. The minimum Gasteiger partial charge on any atom is -0.424 e. The quantitative estimate of drug-likeness (QED) is 0.570. The Morgan fingerprint density at radius 3 is 2.67 bits per heavy atom. The molecular weight excluding hydrogens is 367 g/mol. The van der Waals surface area contributed by atoms with E-state index in [9.17, 15) is 9.18 Å². The summed E-state index contributed by atoms with van der Waals surface area (Å²) in [5.74, 6) is 0.404. The number of hydrogen-bond acceptors (Lipinski definition) is 6. The Hall–Kier alpha value is -3.13. The van der Waals surface area contributed by atoms with Gasteiger partial charge >= 0.3 is 0 Å². The van der Waals surface area contributed by atoms with Crippen molar-refractivity contribution in [1.29, 1.82) is 0 Å². The van der Waals surface area contributed by atoms with Crippen LogP contribution in [0.3, 0.4) is 0 Å². The largest absolute Gasteiger partial charge is 0.424 e. The van der Waals surface area contributed by atoms with E-state index in [4.69, 9.17) is 4.42 Å². The van der Waals surface area contributed by atoms with Crippen molar-refractivity contribution in [1.82, 2.24) is 20.5 Å². The van der Waals surface area contributed by atoms with E-state index in [-0.39, 0.29) is 24.7 Å². The number of fused-ring (bicyclic) bond motifs is 1. The van der Waals surface area contributed by atoms with Gasteiger partial charge in [0.1, 0.15) is 10.8 Å². The van der Waals surface area contributed by atoms with Crippen molar-refractivity contribution in [3.05, 3.63) is 65.1 Å². The average Bonchev–Trinajstić information content (AvgIpc) is 3.25. The summed E-state index contributed by atoms with van der Waals surface area (Å²) in [6, 6.07) is 12.2. The predicted octanol–water partition coefficient (Wildman–Crippen LogP) is 3.65. The molecule has 0 saturated carbocycles. The molecule has 0 bridgehead atoms. The van der Waals surface area contributed by atoms with Gasteiger partial charge in [0.15, 0.2) is 0 Å². The van der Waals surface area contributed by atoms with E-state index >= 15 is 0 Å². The number of benzene rings is 2. The molecule has 2 aromatic carbocycles. The molecule has 0 saturated heterocycles. The van der Waals surface area contributed by atoms with Crippen molar-refractivity contribution >= 4 is 27.5 Å². The number of thiazole rings is 1. The highest BCUT2D eigenvalue weighted by molar-refractivity contribution is 7.18. The van der Waals surface area contributed by atoms with Crippen LogP contribution in [0.2, 0.25) is 0 Å². The first-order valence-electron chi connectivity index (χ1n) is 8.28. The SMILES string of the molecule is Cc1nnc(CNC(=O)Cc2nc3ccc(-c4ccc(F)cc4)cc3s2)o1. The highest BCUT2D eigenvalue weighted by atomic mass is 32.1. The normalized spacial score (nSPS) is 11.0. The molecule has 8 heteroatoms. The maximum Gasteiger partial charge on any atom is 0.235 e. The van der Waals surface area contributed by atoms with Crippen LogP contribution in [0.5, 0.6) is 0 Å². The zero-order valence-electron chi connectivity index (χ0n) is 14.4. The lowest BCUT2D eigenvalue weighted by atomic mass is 10.1. The van der Waals surface area contributed by atoms with Crippen LogP contribution in [0.15, 0.2) is 46.9 Å². The van der Waals surface area contributed by atoms with Gasteiger partial charge in [-0.3, -0.25) is 4.79 Å². The van der Waals surface area contributed by atoms with Crippen molar-refractivity contribution in [2.24, 2.45) is 0 Å². The van der Waals surface area contributed by atoms with Crippen LogP contribution in [0.25, 0.3) is 21.3 Å². The molecular formula is C19H15FN4O2S. The highest BCUT2D eigenvalue weighted by Gasteiger charge is 2.11. The maximum absolute atomic E-state index is 13.1. The Morgan fingerprint density at radius 1 is 1.15 bits per heavy atom. The van der Waals surface area contributed by atoms with Crippen LogP contribution >= 0.6 is 11.3 Å². The maximum atomic E-state index is 13.1. The first kappa shape index (κ1) is 17.3. The molecule has 0 atom stereocenters. The van der Waals surface area contributed by atoms with Crippen LogP contribution < -0.4 is 5.32 Å². The standard InChI is InChI=1S/C19H15FN4O2S/c1-11-23-24-18(26-11)10-21-17(25)9-19-22-15-7-4-13(8-16(15)27-19)12-2-5-14(20)6-3-12/h2-8H,9-10H2,1H3,(H,21,25). The number of hydrogen-bond donors (Lipinski definition) is 1. The van der Waals surface area contributed by atoms with Crippen molar-refractivity contribution in [2.45, 2.75) is 19.9 Å². The molecule has 27 heavy (non-hydrogen) atoms. The zero-order chi connectivity index (χ0) is 18.8. The fourth-order valence-corrected chi connectivity index (χ4v) is 3.66. The number of nitrogens with zero attached hydrogens (tertiary/aromatic N) is 3. The van der Waals surface area contributed by atoms with E-state index in [1.807, 2.05) is 18.2 Å². The van der Waals surface area contributed by atoms with Gasteiger partial charge in [0.25, 0.3) is 0 Å². The molecule has 0 spiro atoms. The number of halogens is 1. The Kier molecular flexibility index (Phi) is 4.64. The van der Waals surface area contributed by atoms with Gasteiger partial charge < -0.3 is 9.73 Å². The summed E-state index contributed by atoms with van der Waals surface area (Å²) >= 11 is 1.47. The Morgan fingerprint density at radius 2 is 1.93 bits per heavy atom. The molecule has 0 aliphatic heterocycles. The molecule has 1 amide bonds. The first-order chi connectivity index (χ1) is 13.1. The monoisotopic (exact) mass is 382 g/mol. The Bertz CT molecular complexity index is 1100. The van der Waals surface area contributed by atoms with E-state index < -0.39 is 0 Å². The van der Waals surface area contributed by atoms with Gasteiger partial charge in [-0.2, -0.15) is 0 Å². The molecule has 0 radical (unpaired) electrons. The van der Waals surface area contributed by atoms with Crippen molar-refractivity contribution in [3.8, 4) is 11.1 Å². The summed E-state index contributed by atoms with van der Waals surface area (Å²) in [6.45, 7) is 1.89. The lowest BCUT2D eigenvalue weighted by Gasteiger charge is -2.01. The van der Waals surface area contributed by atoms with Crippen LogP contribution in [-0.4, -0.2) is 21.1 Å². The molecule has 0 unspecified atom stereocenters. The van der Waals surface area contributed by atoms with Gasteiger partial charge in [0.05, 0.1) is 23.2 Å². The van der Waals surface area contributed by atoms with E-state index in [2.05, 4.69) is 20.5 Å². The third-order valence-electron chi connectivity index (χ3n) is 3.93. The van der Waals surface area contributed by atoms with E-state index in [0.717, 1.165) is 26.4 Å². The fraction of sp³-hybridized carbons (Fsp3) is 0.158. The molecule has 6 nitrogen and oxygen atoms in total. The number of carbonyl (C=O) groups is 1. The average molecular weight is 382 g/mol. The van der Waals surface area contributed by atoms with Gasteiger partial charge in [-0.25, -0.2) is 9.37 Å². The van der Waals surface area contributed by atoms with Crippen LogP contribution in [0.4, 0.5) is 4.39 Å². The van der Waals surface area contributed by atoms with Crippen LogP contribution in [0, 0.1) is 12.7 Å². The highest BCUT2D eigenvalue weighted by Crippen LogP contribution is 2.28. The second kappa shape index (κ2) is 7.24. The summed E-state index contributed by atoms with van der Waals surface area (Å²) in [7, 11) is 0. The minimum absolute atomic E-state index is 0.163. The summed E-state index contributed by atoms with van der Waals surface area (Å²) in [5, 5.41) is 11.0. The number of aryl methyl sites for hydroxylation is 1. The van der Waals surface area contributed by atoms with Gasteiger partial charge in [-0.15, -0.1) is 21.5 Å².